The van der Waals surface area contributed by atoms with Crippen LogP contribution in [0.1, 0.15) is 21.7 Å². The van der Waals surface area contributed by atoms with E-state index in [1.807, 2.05) is 16.8 Å². The molecular formula is C17H13ClN2O4S. The van der Waals surface area contributed by atoms with Crippen LogP contribution in [0.3, 0.4) is 0 Å². The lowest BCUT2D eigenvalue weighted by atomic mass is 10.1. The lowest BCUT2D eigenvalue weighted by molar-refractivity contribution is -0.384. The summed E-state index contributed by atoms with van der Waals surface area (Å²) in [6, 6.07) is 9.31. The number of benzene rings is 1. The molecule has 0 saturated heterocycles. The van der Waals surface area contributed by atoms with Crippen LogP contribution >= 0.6 is 22.9 Å². The quantitative estimate of drug-likeness (QED) is 0.459. The molecule has 2 aromatic heterocycles. The lowest BCUT2D eigenvalue weighted by Gasteiger charge is -2.22. The zero-order valence-electron chi connectivity index (χ0n) is 12.9. The number of hydrogen-bond acceptors (Lipinski definition) is 5. The molecule has 8 heteroatoms. The molecule has 0 unspecified atom stereocenters. The van der Waals surface area contributed by atoms with Crippen molar-refractivity contribution in [3.63, 3.8) is 0 Å². The van der Waals surface area contributed by atoms with Crippen LogP contribution in [0.2, 0.25) is 5.02 Å². The van der Waals surface area contributed by atoms with Crippen LogP contribution in [-0.2, 0) is 13.1 Å². The van der Waals surface area contributed by atoms with Crippen molar-refractivity contribution in [3.05, 3.63) is 85.4 Å². The number of rotatable bonds is 6. The summed E-state index contributed by atoms with van der Waals surface area (Å²) in [6.07, 6.45) is 1.54. The summed E-state index contributed by atoms with van der Waals surface area (Å²) in [4.78, 5) is 24.8. The zero-order valence-corrected chi connectivity index (χ0v) is 14.5. The van der Waals surface area contributed by atoms with E-state index in [2.05, 4.69) is 0 Å². The average Bonchev–Trinajstić information content (AvgIpc) is 3.27. The second-order valence-electron chi connectivity index (χ2n) is 5.29. The Balaban J connectivity index is 1.89. The molecule has 128 valence electrons. The van der Waals surface area contributed by atoms with Gasteiger partial charge in [0.2, 0.25) is 0 Å². The number of nitro benzene ring substituents is 1. The predicted molar refractivity (Wildman–Crippen MR) is 94.7 cm³/mol. The molecule has 6 nitrogen and oxygen atoms in total. The van der Waals surface area contributed by atoms with Crippen molar-refractivity contribution in [1.82, 2.24) is 4.90 Å². The first-order valence-corrected chi connectivity index (χ1v) is 8.63. The monoisotopic (exact) mass is 376 g/mol. The number of hydrogen-bond donors (Lipinski definition) is 0. The van der Waals surface area contributed by atoms with E-state index in [0.717, 1.165) is 5.56 Å². The Labute approximate surface area is 152 Å². The van der Waals surface area contributed by atoms with E-state index in [9.17, 15) is 14.9 Å². The van der Waals surface area contributed by atoms with Gasteiger partial charge in [0.1, 0.15) is 5.76 Å². The molecule has 0 aliphatic carbocycles. The van der Waals surface area contributed by atoms with E-state index in [-0.39, 0.29) is 28.7 Å². The number of non-ortho nitro benzene ring substituents is 1. The van der Waals surface area contributed by atoms with Gasteiger partial charge >= 0.3 is 0 Å². The number of nitrogens with zero attached hydrogens (tertiary/aromatic N) is 2. The highest BCUT2D eigenvalue weighted by Crippen LogP contribution is 2.25. The first kappa shape index (κ1) is 17.2. The first-order chi connectivity index (χ1) is 12.0. The zero-order chi connectivity index (χ0) is 17.8. The minimum atomic E-state index is -0.549. The summed E-state index contributed by atoms with van der Waals surface area (Å²) in [7, 11) is 0. The average molecular weight is 377 g/mol. The van der Waals surface area contributed by atoms with Crippen LogP contribution in [0.5, 0.6) is 0 Å². The Morgan fingerprint density at radius 1 is 1.28 bits per heavy atom. The van der Waals surface area contributed by atoms with Gasteiger partial charge in [-0.3, -0.25) is 14.9 Å². The van der Waals surface area contributed by atoms with Gasteiger partial charge in [-0.05, 0) is 40.6 Å². The van der Waals surface area contributed by atoms with E-state index in [1.165, 1.54) is 18.2 Å². The summed E-state index contributed by atoms with van der Waals surface area (Å²) in [5, 5.41) is 14.8. The fraction of sp³-hybridized carbons (Fsp3) is 0.118. The number of halogens is 1. The van der Waals surface area contributed by atoms with Gasteiger partial charge in [-0.1, -0.05) is 11.6 Å². The Kier molecular flexibility index (Phi) is 5.16. The third-order valence-electron chi connectivity index (χ3n) is 3.56. The van der Waals surface area contributed by atoms with Crippen molar-refractivity contribution >= 4 is 34.5 Å². The van der Waals surface area contributed by atoms with Crippen LogP contribution in [0.4, 0.5) is 5.69 Å². The van der Waals surface area contributed by atoms with Gasteiger partial charge in [-0.25, -0.2) is 0 Å². The van der Waals surface area contributed by atoms with E-state index in [4.69, 9.17) is 16.0 Å². The van der Waals surface area contributed by atoms with Crippen LogP contribution in [0.15, 0.2) is 57.8 Å². The van der Waals surface area contributed by atoms with Crippen molar-refractivity contribution in [2.75, 3.05) is 0 Å². The summed E-state index contributed by atoms with van der Waals surface area (Å²) < 4.78 is 5.34. The molecule has 0 radical (unpaired) electrons. The Morgan fingerprint density at radius 3 is 2.72 bits per heavy atom. The molecule has 3 aromatic rings. The number of thiophene rings is 1. The predicted octanol–water partition coefficient (Wildman–Crippen LogP) is 4.75. The summed E-state index contributed by atoms with van der Waals surface area (Å²) in [6.45, 7) is 0.658. The fourth-order valence-corrected chi connectivity index (χ4v) is 3.27. The maximum absolute atomic E-state index is 12.9. The molecule has 0 aliphatic heterocycles. The number of amides is 1. The lowest BCUT2D eigenvalue weighted by Crippen LogP contribution is -2.30. The molecule has 0 atom stereocenters. The second kappa shape index (κ2) is 7.50. The first-order valence-electron chi connectivity index (χ1n) is 7.31. The van der Waals surface area contributed by atoms with Crippen molar-refractivity contribution in [1.29, 1.82) is 0 Å². The van der Waals surface area contributed by atoms with Crippen LogP contribution in [0.25, 0.3) is 0 Å². The topological polar surface area (TPSA) is 76.6 Å². The molecule has 1 aromatic carbocycles. The third-order valence-corrected chi connectivity index (χ3v) is 4.61. The highest BCUT2D eigenvalue weighted by molar-refractivity contribution is 7.07. The van der Waals surface area contributed by atoms with E-state index in [1.54, 1.807) is 34.6 Å². The summed E-state index contributed by atoms with van der Waals surface area (Å²) in [5.41, 5.74) is 1.05. The number of furan rings is 1. The van der Waals surface area contributed by atoms with Gasteiger partial charge in [0, 0.05) is 18.7 Å². The van der Waals surface area contributed by atoms with Crippen LogP contribution in [0, 0.1) is 10.1 Å². The Hall–Kier alpha value is -2.64. The molecule has 1 amide bonds. The number of nitro groups is 1. The second-order valence-corrected chi connectivity index (χ2v) is 6.48. The standard InChI is InChI=1S/C17H13ClN2O4S/c18-16-8-13(20(22)23)3-4-15(16)17(21)19(9-12-5-7-25-11-12)10-14-2-1-6-24-14/h1-8,11H,9-10H2. The molecule has 3 rings (SSSR count). The van der Waals surface area contributed by atoms with E-state index < -0.39 is 4.92 Å². The maximum Gasteiger partial charge on any atom is 0.270 e. The number of carbonyl (C=O) groups excluding carboxylic acids is 1. The van der Waals surface area contributed by atoms with Gasteiger partial charge < -0.3 is 9.32 Å². The van der Waals surface area contributed by atoms with Crippen molar-refractivity contribution < 1.29 is 14.1 Å². The molecule has 2 heterocycles. The Bertz CT molecular complexity index is 842. The minimum absolute atomic E-state index is 0.0500. The molecule has 0 aliphatic rings. The molecule has 0 N–H and O–H groups in total. The minimum Gasteiger partial charge on any atom is -0.467 e. The summed E-state index contributed by atoms with van der Waals surface area (Å²) in [5.74, 6) is 0.323. The highest BCUT2D eigenvalue weighted by atomic mass is 35.5. The SMILES string of the molecule is O=C(c1ccc([N+](=O)[O-])cc1Cl)N(Cc1ccsc1)Cc1ccco1. The largest absolute Gasteiger partial charge is 0.467 e. The van der Waals surface area contributed by atoms with Crippen LogP contribution < -0.4 is 0 Å². The summed E-state index contributed by atoms with van der Waals surface area (Å²) >= 11 is 7.65. The van der Waals surface area contributed by atoms with Gasteiger partial charge in [0.05, 0.1) is 28.3 Å². The Morgan fingerprint density at radius 2 is 2.12 bits per heavy atom. The van der Waals surface area contributed by atoms with Gasteiger partial charge in [0.25, 0.3) is 11.6 Å². The van der Waals surface area contributed by atoms with E-state index >= 15 is 0 Å². The molecule has 0 spiro atoms. The normalized spacial score (nSPS) is 10.6. The molecular weight excluding hydrogens is 364 g/mol. The van der Waals surface area contributed by atoms with Gasteiger partial charge in [0.15, 0.2) is 0 Å². The number of carbonyl (C=O) groups is 1. The smallest absolute Gasteiger partial charge is 0.270 e. The molecule has 0 fully saturated rings. The fourth-order valence-electron chi connectivity index (χ4n) is 2.35. The molecule has 0 bridgehead atoms. The highest BCUT2D eigenvalue weighted by Gasteiger charge is 2.22. The maximum atomic E-state index is 12.9. The van der Waals surface area contributed by atoms with Crippen molar-refractivity contribution in [2.24, 2.45) is 0 Å². The van der Waals surface area contributed by atoms with E-state index in [0.29, 0.717) is 12.3 Å². The third kappa shape index (κ3) is 4.07. The molecule has 25 heavy (non-hydrogen) atoms. The van der Waals surface area contributed by atoms with Crippen molar-refractivity contribution in [2.45, 2.75) is 13.1 Å². The van der Waals surface area contributed by atoms with Crippen molar-refractivity contribution in [3.8, 4) is 0 Å². The molecule has 0 saturated carbocycles. The van der Waals surface area contributed by atoms with Gasteiger partial charge in [-0.15, -0.1) is 0 Å². The van der Waals surface area contributed by atoms with Crippen LogP contribution in [-0.4, -0.2) is 15.7 Å². The van der Waals surface area contributed by atoms with Gasteiger partial charge in [-0.2, -0.15) is 11.3 Å².